The minimum absolute atomic E-state index is 0.0831. The highest BCUT2D eigenvalue weighted by Crippen LogP contribution is 2.40. The number of hydrogen-bond acceptors (Lipinski definition) is 6. The largest absolute Gasteiger partial charge is 0.491 e. The number of benzene rings is 1. The number of carbonyl (C=O) groups excluding carboxylic acids is 1. The maximum absolute atomic E-state index is 15.2. The standard InChI is InChI=1S/C28H41FN6O2/c1-6-37-24-12-10-11-23(25(24)29)34-18-21-17-31-27(32-26(21)35(28(34)36)22-13-14-22)30-15-8-7-9-16-33(19(2)3)20(4)5/h10-12,17,19-20,22H,6-9,13-16,18H2,1-5H3,(H,30,31,32). The van der Waals surface area contributed by atoms with Crippen LogP contribution in [0.4, 0.5) is 26.6 Å². The first-order chi connectivity index (χ1) is 17.8. The maximum Gasteiger partial charge on any atom is 0.330 e. The zero-order chi connectivity index (χ0) is 26.5. The highest BCUT2D eigenvalue weighted by Gasteiger charge is 2.42. The van der Waals surface area contributed by atoms with Gasteiger partial charge in [-0.2, -0.15) is 4.98 Å². The number of nitrogens with one attached hydrogen (secondary N) is 1. The van der Waals surface area contributed by atoms with Gasteiger partial charge in [0.15, 0.2) is 11.6 Å². The number of amides is 2. The molecular formula is C28H41FN6O2. The van der Waals surface area contributed by atoms with Crippen LogP contribution in [0.5, 0.6) is 5.75 Å². The van der Waals surface area contributed by atoms with Gasteiger partial charge < -0.3 is 10.1 Å². The molecule has 2 aromatic rings. The summed E-state index contributed by atoms with van der Waals surface area (Å²) in [5, 5.41) is 3.33. The van der Waals surface area contributed by atoms with E-state index in [9.17, 15) is 4.79 Å². The summed E-state index contributed by atoms with van der Waals surface area (Å²) in [5.74, 6) is 0.780. The first kappa shape index (κ1) is 27.1. The Morgan fingerprint density at radius 1 is 1.16 bits per heavy atom. The van der Waals surface area contributed by atoms with Crippen LogP contribution < -0.4 is 19.9 Å². The number of unbranched alkanes of at least 4 members (excludes halogenated alkanes) is 2. The Balaban J connectivity index is 1.41. The number of ether oxygens (including phenoxy) is 1. The van der Waals surface area contributed by atoms with Gasteiger partial charge in [0.2, 0.25) is 5.95 Å². The molecule has 0 unspecified atom stereocenters. The number of fused-ring (bicyclic) bond motifs is 1. The summed E-state index contributed by atoms with van der Waals surface area (Å²) < 4.78 is 20.6. The normalized spacial score (nSPS) is 15.6. The molecule has 8 nitrogen and oxygen atoms in total. The van der Waals surface area contributed by atoms with Crippen LogP contribution in [-0.4, -0.2) is 58.7 Å². The molecule has 4 rings (SSSR count). The number of rotatable bonds is 13. The molecule has 1 aliphatic carbocycles. The molecule has 1 saturated carbocycles. The summed E-state index contributed by atoms with van der Waals surface area (Å²) in [6.45, 7) is 13.2. The Morgan fingerprint density at radius 3 is 2.59 bits per heavy atom. The molecule has 0 radical (unpaired) electrons. The Morgan fingerprint density at radius 2 is 1.92 bits per heavy atom. The Bertz CT molecular complexity index is 1070. The van der Waals surface area contributed by atoms with Gasteiger partial charge in [0.1, 0.15) is 5.82 Å². The van der Waals surface area contributed by atoms with Gasteiger partial charge >= 0.3 is 6.03 Å². The van der Waals surface area contributed by atoms with Crippen molar-refractivity contribution in [3.63, 3.8) is 0 Å². The third-order valence-electron chi connectivity index (χ3n) is 6.98. The first-order valence-corrected chi connectivity index (χ1v) is 13.7. The molecule has 1 fully saturated rings. The van der Waals surface area contributed by atoms with Crippen LogP contribution in [0.2, 0.25) is 0 Å². The van der Waals surface area contributed by atoms with Crippen LogP contribution in [0.3, 0.4) is 0 Å². The van der Waals surface area contributed by atoms with Gasteiger partial charge in [-0.15, -0.1) is 0 Å². The van der Waals surface area contributed by atoms with Crippen LogP contribution in [0.25, 0.3) is 0 Å². The van der Waals surface area contributed by atoms with Gasteiger partial charge in [0.25, 0.3) is 0 Å². The Labute approximate surface area is 220 Å². The van der Waals surface area contributed by atoms with Crippen molar-refractivity contribution >= 4 is 23.5 Å². The monoisotopic (exact) mass is 512 g/mol. The summed E-state index contributed by atoms with van der Waals surface area (Å²) in [6, 6.07) is 5.84. The highest BCUT2D eigenvalue weighted by atomic mass is 19.1. The molecule has 2 amide bonds. The van der Waals surface area contributed by atoms with E-state index in [-0.39, 0.29) is 30.1 Å². The average molecular weight is 513 g/mol. The van der Waals surface area contributed by atoms with E-state index in [0.29, 0.717) is 30.5 Å². The summed E-state index contributed by atoms with van der Waals surface area (Å²) in [5.41, 5.74) is 1.02. The minimum Gasteiger partial charge on any atom is -0.491 e. The topological polar surface area (TPSA) is 73.8 Å². The van der Waals surface area contributed by atoms with Crippen molar-refractivity contribution in [2.75, 3.05) is 34.8 Å². The van der Waals surface area contributed by atoms with Crippen molar-refractivity contribution in [3.8, 4) is 5.75 Å². The van der Waals surface area contributed by atoms with E-state index in [1.165, 1.54) is 4.90 Å². The third kappa shape index (κ3) is 6.32. The quantitative estimate of drug-likeness (QED) is 0.341. The van der Waals surface area contributed by atoms with Gasteiger partial charge in [0.05, 0.1) is 18.8 Å². The van der Waals surface area contributed by atoms with Crippen molar-refractivity contribution < 1.29 is 13.9 Å². The smallest absolute Gasteiger partial charge is 0.330 e. The second-order valence-corrected chi connectivity index (χ2v) is 10.4. The minimum atomic E-state index is -0.527. The Hall–Kier alpha value is -2.94. The summed E-state index contributed by atoms with van der Waals surface area (Å²) in [4.78, 5) is 28.5. The molecule has 1 aromatic carbocycles. The fourth-order valence-electron chi connectivity index (χ4n) is 5.00. The molecule has 1 aliphatic heterocycles. The van der Waals surface area contributed by atoms with E-state index >= 15 is 4.39 Å². The van der Waals surface area contributed by atoms with Gasteiger partial charge in [-0.1, -0.05) is 12.5 Å². The second-order valence-electron chi connectivity index (χ2n) is 10.4. The number of nitrogens with zero attached hydrogens (tertiary/aromatic N) is 5. The lowest BCUT2D eigenvalue weighted by Gasteiger charge is -2.36. The lowest BCUT2D eigenvalue weighted by atomic mass is 10.1. The van der Waals surface area contributed by atoms with E-state index in [2.05, 4.69) is 42.9 Å². The molecule has 1 aromatic heterocycles. The number of anilines is 3. The zero-order valence-electron chi connectivity index (χ0n) is 22.8. The van der Waals surface area contributed by atoms with E-state index in [0.717, 1.165) is 50.8 Å². The maximum atomic E-state index is 15.2. The van der Waals surface area contributed by atoms with Crippen molar-refractivity contribution in [2.45, 2.75) is 91.4 Å². The van der Waals surface area contributed by atoms with E-state index < -0.39 is 5.82 Å². The fraction of sp³-hybridized carbons (Fsp3) is 0.607. The van der Waals surface area contributed by atoms with Crippen LogP contribution >= 0.6 is 0 Å². The van der Waals surface area contributed by atoms with Crippen molar-refractivity contribution in [1.29, 1.82) is 0 Å². The molecule has 2 heterocycles. The van der Waals surface area contributed by atoms with E-state index in [4.69, 9.17) is 9.72 Å². The Kier molecular flexibility index (Phi) is 8.84. The molecule has 37 heavy (non-hydrogen) atoms. The molecular weight excluding hydrogens is 471 g/mol. The molecule has 1 N–H and O–H groups in total. The molecule has 9 heteroatoms. The number of halogens is 1. The molecule has 0 spiro atoms. The van der Waals surface area contributed by atoms with Crippen LogP contribution in [0, 0.1) is 5.82 Å². The third-order valence-corrected chi connectivity index (χ3v) is 6.98. The number of aromatic nitrogens is 2. The van der Waals surface area contributed by atoms with Crippen LogP contribution in [-0.2, 0) is 6.54 Å². The van der Waals surface area contributed by atoms with Crippen LogP contribution in [0.15, 0.2) is 24.4 Å². The summed E-state index contributed by atoms with van der Waals surface area (Å²) in [7, 11) is 0. The van der Waals surface area contributed by atoms with Gasteiger partial charge in [-0.3, -0.25) is 14.7 Å². The SMILES string of the molecule is CCOc1cccc(N2Cc3cnc(NCCCCCN(C(C)C)C(C)C)nc3N(C3CC3)C2=O)c1F. The number of urea groups is 1. The van der Waals surface area contributed by atoms with Gasteiger partial charge in [0, 0.05) is 36.4 Å². The van der Waals surface area contributed by atoms with Crippen molar-refractivity contribution in [1.82, 2.24) is 14.9 Å². The number of carbonyl (C=O) groups is 1. The predicted molar refractivity (Wildman–Crippen MR) is 146 cm³/mol. The van der Waals surface area contributed by atoms with Crippen molar-refractivity contribution in [3.05, 3.63) is 35.8 Å². The fourth-order valence-corrected chi connectivity index (χ4v) is 5.00. The van der Waals surface area contributed by atoms with Crippen LogP contribution in [0.1, 0.15) is 72.3 Å². The lowest BCUT2D eigenvalue weighted by Crippen LogP contribution is -2.49. The molecule has 0 saturated heterocycles. The average Bonchev–Trinajstić information content (AvgIpc) is 3.69. The number of hydrogen-bond donors (Lipinski definition) is 1. The zero-order valence-corrected chi connectivity index (χ0v) is 22.8. The van der Waals surface area contributed by atoms with Crippen molar-refractivity contribution in [2.24, 2.45) is 0 Å². The molecule has 0 bridgehead atoms. The van der Waals surface area contributed by atoms with E-state index in [1.54, 1.807) is 36.2 Å². The molecule has 0 atom stereocenters. The van der Waals surface area contributed by atoms with E-state index in [1.807, 2.05) is 0 Å². The predicted octanol–water partition coefficient (Wildman–Crippen LogP) is 5.82. The second kappa shape index (κ2) is 12.1. The summed E-state index contributed by atoms with van der Waals surface area (Å²) in [6.07, 6.45) is 6.89. The molecule has 2 aliphatic rings. The highest BCUT2D eigenvalue weighted by molar-refractivity contribution is 6.06. The summed E-state index contributed by atoms with van der Waals surface area (Å²) >= 11 is 0. The lowest BCUT2D eigenvalue weighted by molar-refractivity contribution is 0.171. The molecule has 202 valence electrons. The van der Waals surface area contributed by atoms with Gasteiger partial charge in [-0.05, 0) is 79.0 Å². The van der Waals surface area contributed by atoms with Gasteiger partial charge in [-0.25, -0.2) is 14.2 Å². The first-order valence-electron chi connectivity index (χ1n) is 13.7.